The lowest BCUT2D eigenvalue weighted by atomic mass is 10.2. The van der Waals surface area contributed by atoms with Gasteiger partial charge >= 0.3 is 6.18 Å². The first kappa shape index (κ1) is 11.4. The van der Waals surface area contributed by atoms with Gasteiger partial charge in [-0.3, -0.25) is 4.79 Å². The third kappa shape index (κ3) is 7.53. The van der Waals surface area contributed by atoms with Gasteiger partial charge in [-0.1, -0.05) is 0 Å². The van der Waals surface area contributed by atoms with Crippen LogP contribution in [0.25, 0.3) is 0 Å². The molecule has 0 saturated carbocycles. The summed E-state index contributed by atoms with van der Waals surface area (Å²) in [6, 6.07) is 0. The molecule has 0 heterocycles. The fraction of sp³-hybridized carbons (Fsp3) is 0.857. The molecule has 0 fully saturated rings. The molecule has 0 saturated heterocycles. The molecule has 0 aliphatic heterocycles. The highest BCUT2D eigenvalue weighted by atomic mass is 19.4. The molecule has 0 aliphatic rings. The van der Waals surface area contributed by atoms with Crippen LogP contribution in [-0.4, -0.2) is 37.5 Å². The van der Waals surface area contributed by atoms with Crippen LogP contribution in [0.15, 0.2) is 0 Å². The largest absolute Gasteiger partial charge is 0.389 e. The Morgan fingerprint density at radius 3 is 2.17 bits per heavy atom. The van der Waals surface area contributed by atoms with Crippen LogP contribution >= 0.6 is 0 Å². The minimum Gasteiger partial charge on any atom is -0.302 e. The van der Waals surface area contributed by atoms with E-state index in [-0.39, 0.29) is 12.3 Å². The van der Waals surface area contributed by atoms with Crippen LogP contribution in [0.2, 0.25) is 0 Å². The fourth-order valence-corrected chi connectivity index (χ4v) is 0.713. The molecule has 0 rings (SSSR count). The molecular weight excluding hydrogens is 171 g/mol. The molecule has 72 valence electrons. The Morgan fingerprint density at radius 1 is 1.33 bits per heavy atom. The molecule has 0 spiro atoms. The Hall–Kier alpha value is -0.580. The van der Waals surface area contributed by atoms with Crippen molar-refractivity contribution in [2.75, 3.05) is 20.6 Å². The summed E-state index contributed by atoms with van der Waals surface area (Å²) < 4.78 is 34.8. The van der Waals surface area contributed by atoms with Gasteiger partial charge < -0.3 is 4.90 Å². The highest BCUT2D eigenvalue weighted by molar-refractivity contribution is 5.80. The molecule has 12 heavy (non-hydrogen) atoms. The number of Topliss-reactive ketones (excluding diaryl/α,β-unsaturated/α-hetero) is 1. The monoisotopic (exact) mass is 183 g/mol. The van der Waals surface area contributed by atoms with E-state index in [0.717, 1.165) is 0 Å². The Labute approximate surface area is 69.3 Å². The molecule has 2 nitrogen and oxygen atoms in total. The van der Waals surface area contributed by atoms with Crippen molar-refractivity contribution in [1.82, 2.24) is 4.90 Å². The van der Waals surface area contributed by atoms with Gasteiger partial charge in [0.2, 0.25) is 0 Å². The standard InChI is InChI=1S/C7H12F3NO/c1-11(2)5-6(12)3-4-7(8,9)10/h3-5H2,1-2H3. The summed E-state index contributed by atoms with van der Waals surface area (Å²) in [6.07, 6.45) is -5.65. The summed E-state index contributed by atoms with van der Waals surface area (Å²) in [5.74, 6) is -0.377. The Morgan fingerprint density at radius 2 is 1.83 bits per heavy atom. The Kier molecular flexibility index (Phi) is 4.23. The predicted octanol–water partition coefficient (Wildman–Crippen LogP) is 1.46. The van der Waals surface area contributed by atoms with Gasteiger partial charge in [-0.2, -0.15) is 13.2 Å². The van der Waals surface area contributed by atoms with E-state index in [1.165, 1.54) is 0 Å². The second-order valence-corrected chi connectivity index (χ2v) is 2.89. The molecule has 0 amide bonds. The number of nitrogens with zero attached hydrogens (tertiary/aromatic N) is 1. The number of ketones is 1. The third-order valence-corrected chi connectivity index (χ3v) is 1.18. The van der Waals surface area contributed by atoms with Crippen LogP contribution in [0.1, 0.15) is 12.8 Å². The summed E-state index contributed by atoms with van der Waals surface area (Å²) in [7, 11) is 3.29. The smallest absolute Gasteiger partial charge is 0.302 e. The molecule has 0 bridgehead atoms. The third-order valence-electron chi connectivity index (χ3n) is 1.18. The average molecular weight is 183 g/mol. The molecule has 0 N–H and O–H groups in total. The number of carbonyl (C=O) groups excluding carboxylic acids is 1. The van der Waals surface area contributed by atoms with E-state index >= 15 is 0 Å². The topological polar surface area (TPSA) is 20.3 Å². The lowest BCUT2D eigenvalue weighted by Gasteiger charge is -2.09. The van der Waals surface area contributed by atoms with Gasteiger partial charge in [0, 0.05) is 6.42 Å². The van der Waals surface area contributed by atoms with Crippen LogP contribution in [0.4, 0.5) is 13.2 Å². The first-order valence-corrected chi connectivity index (χ1v) is 3.54. The van der Waals surface area contributed by atoms with E-state index in [0.29, 0.717) is 0 Å². The van der Waals surface area contributed by atoms with Crippen LogP contribution in [-0.2, 0) is 4.79 Å². The highest BCUT2D eigenvalue weighted by Gasteiger charge is 2.27. The number of hydrogen-bond acceptors (Lipinski definition) is 2. The van der Waals surface area contributed by atoms with Crippen LogP contribution in [0, 0.1) is 0 Å². The number of alkyl halides is 3. The molecular formula is C7H12F3NO. The summed E-state index contributed by atoms with van der Waals surface area (Å²) in [6.45, 7) is 0.0794. The molecule has 0 atom stereocenters. The quantitative estimate of drug-likeness (QED) is 0.657. The van der Waals surface area contributed by atoms with Crippen molar-refractivity contribution >= 4 is 5.78 Å². The zero-order valence-corrected chi connectivity index (χ0v) is 7.11. The summed E-state index contributed by atoms with van der Waals surface area (Å²) >= 11 is 0. The highest BCUT2D eigenvalue weighted by Crippen LogP contribution is 2.21. The number of hydrogen-bond donors (Lipinski definition) is 0. The number of halogens is 3. The van der Waals surface area contributed by atoms with E-state index in [2.05, 4.69) is 0 Å². The zero-order valence-electron chi connectivity index (χ0n) is 7.11. The molecule has 0 aromatic rings. The van der Waals surface area contributed by atoms with Crippen LogP contribution < -0.4 is 0 Å². The normalized spacial score (nSPS) is 12.2. The number of rotatable bonds is 4. The molecule has 0 aromatic heterocycles. The van der Waals surface area contributed by atoms with E-state index < -0.39 is 19.0 Å². The average Bonchev–Trinajstić information content (AvgIpc) is 1.80. The first-order chi connectivity index (χ1) is 5.31. The lowest BCUT2D eigenvalue weighted by molar-refractivity contribution is -0.143. The molecule has 0 aromatic carbocycles. The molecule has 0 aliphatic carbocycles. The van der Waals surface area contributed by atoms with Gasteiger partial charge in [-0.25, -0.2) is 0 Å². The summed E-state index contributed by atoms with van der Waals surface area (Å²) in [5.41, 5.74) is 0. The van der Waals surface area contributed by atoms with Gasteiger partial charge in [-0.15, -0.1) is 0 Å². The van der Waals surface area contributed by atoms with E-state index in [1.807, 2.05) is 0 Å². The molecule has 0 unspecified atom stereocenters. The summed E-state index contributed by atoms with van der Waals surface area (Å²) in [4.78, 5) is 12.3. The SMILES string of the molecule is CN(C)CC(=O)CCC(F)(F)F. The maximum atomic E-state index is 11.6. The van der Waals surface area contributed by atoms with Crippen LogP contribution in [0.3, 0.4) is 0 Å². The second-order valence-electron chi connectivity index (χ2n) is 2.89. The van der Waals surface area contributed by atoms with Crippen molar-refractivity contribution in [3.63, 3.8) is 0 Å². The van der Waals surface area contributed by atoms with Gasteiger partial charge in [0.05, 0.1) is 13.0 Å². The van der Waals surface area contributed by atoms with Crippen molar-refractivity contribution < 1.29 is 18.0 Å². The zero-order chi connectivity index (χ0) is 9.78. The minimum atomic E-state index is -4.22. The van der Waals surface area contributed by atoms with Gasteiger partial charge in [-0.05, 0) is 14.1 Å². The van der Waals surface area contributed by atoms with Crippen molar-refractivity contribution in [3.05, 3.63) is 0 Å². The maximum Gasteiger partial charge on any atom is 0.389 e. The maximum absolute atomic E-state index is 11.6. The second kappa shape index (κ2) is 4.45. The lowest BCUT2D eigenvalue weighted by Crippen LogP contribution is -2.23. The van der Waals surface area contributed by atoms with Crippen molar-refractivity contribution in [2.24, 2.45) is 0 Å². The minimum absolute atomic E-state index is 0.0794. The van der Waals surface area contributed by atoms with Gasteiger partial charge in [0.1, 0.15) is 5.78 Å². The van der Waals surface area contributed by atoms with E-state index in [9.17, 15) is 18.0 Å². The van der Waals surface area contributed by atoms with E-state index in [4.69, 9.17) is 0 Å². The van der Waals surface area contributed by atoms with Crippen molar-refractivity contribution in [3.8, 4) is 0 Å². The van der Waals surface area contributed by atoms with E-state index in [1.54, 1.807) is 19.0 Å². The van der Waals surface area contributed by atoms with Crippen molar-refractivity contribution in [1.29, 1.82) is 0 Å². The van der Waals surface area contributed by atoms with Crippen molar-refractivity contribution in [2.45, 2.75) is 19.0 Å². The molecule has 5 heteroatoms. The summed E-state index contributed by atoms with van der Waals surface area (Å²) in [5, 5.41) is 0. The fourth-order valence-electron chi connectivity index (χ4n) is 0.713. The predicted molar refractivity (Wildman–Crippen MR) is 38.9 cm³/mol. The van der Waals surface area contributed by atoms with Crippen LogP contribution in [0.5, 0.6) is 0 Å². The molecule has 0 radical (unpaired) electrons. The van der Waals surface area contributed by atoms with Gasteiger partial charge in [0.15, 0.2) is 0 Å². The first-order valence-electron chi connectivity index (χ1n) is 3.54. The Bertz CT molecular complexity index is 153. The Balaban J connectivity index is 3.58. The number of likely N-dealkylation sites (N-methyl/N-ethyl adjacent to an activating group) is 1. The number of carbonyl (C=O) groups is 1. The van der Waals surface area contributed by atoms with Gasteiger partial charge in [0.25, 0.3) is 0 Å².